The Morgan fingerprint density at radius 1 is 1.06 bits per heavy atom. The molecule has 188 valence electrons. The topological polar surface area (TPSA) is 86.3 Å². The van der Waals surface area contributed by atoms with Gasteiger partial charge in [-0.05, 0) is 41.7 Å². The van der Waals surface area contributed by atoms with Crippen LogP contribution in [-0.4, -0.2) is 19.2 Å². The van der Waals surface area contributed by atoms with E-state index in [0.717, 1.165) is 12.0 Å². The molecule has 0 saturated heterocycles. The number of hydrogen-bond donors (Lipinski definition) is 1. The lowest BCUT2D eigenvalue weighted by Gasteiger charge is -2.21. The molecule has 0 radical (unpaired) electrons. The van der Waals surface area contributed by atoms with Crippen LogP contribution in [-0.2, 0) is 13.6 Å². The highest BCUT2D eigenvalue weighted by molar-refractivity contribution is 5.81. The minimum atomic E-state index is -1.33. The van der Waals surface area contributed by atoms with E-state index < -0.39 is 23.2 Å². The maximum Gasteiger partial charge on any atom is 0.332 e. The first-order chi connectivity index (χ1) is 17.2. The molecule has 0 aliphatic heterocycles. The van der Waals surface area contributed by atoms with E-state index in [9.17, 15) is 19.1 Å². The lowest BCUT2D eigenvalue weighted by Crippen LogP contribution is -2.40. The number of para-hydroxylation sites is 1. The minimum absolute atomic E-state index is 0.0876. The van der Waals surface area contributed by atoms with Gasteiger partial charge in [-0.15, -0.1) is 0 Å². The van der Waals surface area contributed by atoms with Crippen LogP contribution in [0.3, 0.4) is 0 Å². The predicted octanol–water partition coefficient (Wildman–Crippen LogP) is 5.03. The van der Waals surface area contributed by atoms with E-state index in [-0.39, 0.29) is 34.8 Å². The monoisotopic (exact) mass is 491 g/mol. The maximum atomic E-state index is 13.7. The average molecular weight is 492 g/mol. The van der Waals surface area contributed by atoms with E-state index in [2.05, 4.69) is 4.98 Å². The van der Waals surface area contributed by atoms with Crippen LogP contribution < -0.4 is 16.0 Å². The van der Waals surface area contributed by atoms with Gasteiger partial charge in [-0.1, -0.05) is 57.5 Å². The number of rotatable bonds is 8. The van der Waals surface area contributed by atoms with Gasteiger partial charge in [0.2, 0.25) is 0 Å². The van der Waals surface area contributed by atoms with Gasteiger partial charge in [-0.3, -0.25) is 13.9 Å². The van der Waals surface area contributed by atoms with E-state index in [4.69, 9.17) is 4.74 Å². The van der Waals surface area contributed by atoms with Crippen LogP contribution in [0.5, 0.6) is 11.5 Å². The Hall–Kier alpha value is -3.78. The molecule has 2 aromatic heterocycles. The Bertz CT molecular complexity index is 1510. The number of aromatic nitrogens is 3. The van der Waals surface area contributed by atoms with Gasteiger partial charge in [0.1, 0.15) is 23.3 Å². The number of aliphatic hydroxyl groups is 1. The SMILES string of the molecule is CCCCn1c(=O)c2c(C(O)c3ccc(F)cc3)c(Oc3ccccc3C(C)C)cnc2n(C)c1=O. The lowest BCUT2D eigenvalue weighted by atomic mass is 9.98. The van der Waals surface area contributed by atoms with Crippen molar-refractivity contribution in [3.63, 3.8) is 0 Å². The van der Waals surface area contributed by atoms with Crippen LogP contribution in [0.1, 0.15) is 62.3 Å². The Kier molecular flexibility index (Phi) is 7.35. The second kappa shape index (κ2) is 10.5. The van der Waals surface area contributed by atoms with Gasteiger partial charge in [-0.2, -0.15) is 0 Å². The molecular formula is C28H30FN3O4. The van der Waals surface area contributed by atoms with Gasteiger partial charge in [-0.25, -0.2) is 14.2 Å². The fourth-order valence-corrected chi connectivity index (χ4v) is 4.30. The van der Waals surface area contributed by atoms with Crippen molar-refractivity contribution in [1.82, 2.24) is 14.1 Å². The summed E-state index contributed by atoms with van der Waals surface area (Å²) >= 11 is 0. The zero-order valence-electron chi connectivity index (χ0n) is 20.9. The van der Waals surface area contributed by atoms with Crippen molar-refractivity contribution >= 4 is 11.0 Å². The summed E-state index contributed by atoms with van der Waals surface area (Å²) < 4.78 is 22.4. The van der Waals surface area contributed by atoms with Gasteiger partial charge in [0.25, 0.3) is 5.56 Å². The van der Waals surface area contributed by atoms with Gasteiger partial charge in [0, 0.05) is 19.2 Å². The molecule has 0 spiro atoms. The Balaban J connectivity index is 2.03. The molecule has 4 aromatic rings. The quantitative estimate of drug-likeness (QED) is 0.374. The van der Waals surface area contributed by atoms with Crippen molar-refractivity contribution in [2.75, 3.05) is 0 Å². The number of nitrogens with zero attached hydrogens (tertiary/aromatic N) is 3. The highest BCUT2D eigenvalue weighted by atomic mass is 19.1. The number of unbranched alkanes of at least 4 members (excludes halogenated alkanes) is 1. The zero-order valence-corrected chi connectivity index (χ0v) is 20.9. The lowest BCUT2D eigenvalue weighted by molar-refractivity contribution is 0.217. The molecule has 0 bridgehead atoms. The summed E-state index contributed by atoms with van der Waals surface area (Å²) in [5.74, 6) is 0.465. The molecule has 1 N–H and O–H groups in total. The van der Waals surface area contributed by atoms with E-state index in [1.807, 2.05) is 45.0 Å². The normalized spacial score (nSPS) is 12.3. The largest absolute Gasteiger partial charge is 0.455 e. The molecule has 1 unspecified atom stereocenters. The standard InChI is InChI=1S/C28H30FN3O4/c1-5-6-15-32-27(34)24-23(25(33)18-11-13-19(29)14-12-18)22(16-30-26(24)31(4)28(32)35)36-21-10-8-7-9-20(21)17(2)3/h7-14,16-17,25,33H,5-6,15H2,1-4H3. The number of pyridine rings is 1. The van der Waals surface area contributed by atoms with Crippen LogP contribution >= 0.6 is 0 Å². The van der Waals surface area contributed by atoms with Crippen molar-refractivity contribution in [2.24, 2.45) is 7.05 Å². The molecule has 0 amide bonds. The summed E-state index contributed by atoms with van der Waals surface area (Å²) in [6.45, 7) is 6.29. The molecule has 1 atom stereocenters. The molecule has 0 aliphatic rings. The van der Waals surface area contributed by atoms with Crippen molar-refractivity contribution in [3.8, 4) is 11.5 Å². The van der Waals surface area contributed by atoms with Gasteiger partial charge in [0.15, 0.2) is 5.75 Å². The number of hydrogen-bond acceptors (Lipinski definition) is 5. The molecule has 36 heavy (non-hydrogen) atoms. The highest BCUT2D eigenvalue weighted by Crippen LogP contribution is 2.38. The first-order valence-electron chi connectivity index (χ1n) is 12.1. The molecule has 0 aliphatic carbocycles. The maximum absolute atomic E-state index is 13.7. The number of ether oxygens (including phenoxy) is 1. The van der Waals surface area contributed by atoms with Crippen LogP contribution in [0.2, 0.25) is 0 Å². The van der Waals surface area contributed by atoms with E-state index >= 15 is 0 Å². The van der Waals surface area contributed by atoms with Crippen molar-refractivity contribution in [2.45, 2.75) is 52.2 Å². The summed E-state index contributed by atoms with van der Waals surface area (Å²) in [6.07, 6.45) is 1.52. The van der Waals surface area contributed by atoms with E-state index in [0.29, 0.717) is 17.7 Å². The molecule has 2 heterocycles. The minimum Gasteiger partial charge on any atom is -0.455 e. The van der Waals surface area contributed by atoms with Crippen LogP contribution in [0, 0.1) is 5.82 Å². The third-order valence-corrected chi connectivity index (χ3v) is 6.31. The smallest absolute Gasteiger partial charge is 0.332 e. The highest BCUT2D eigenvalue weighted by Gasteiger charge is 2.26. The number of aryl methyl sites for hydroxylation is 1. The molecule has 8 heteroatoms. The van der Waals surface area contributed by atoms with E-state index in [1.54, 1.807) is 7.05 Å². The van der Waals surface area contributed by atoms with Gasteiger partial charge < -0.3 is 9.84 Å². The van der Waals surface area contributed by atoms with Gasteiger partial charge >= 0.3 is 5.69 Å². The second-order valence-electron chi connectivity index (χ2n) is 9.14. The third-order valence-electron chi connectivity index (χ3n) is 6.31. The predicted molar refractivity (Wildman–Crippen MR) is 137 cm³/mol. The van der Waals surface area contributed by atoms with Crippen molar-refractivity contribution < 1.29 is 14.2 Å². The summed E-state index contributed by atoms with van der Waals surface area (Å²) in [5.41, 5.74) is 0.608. The number of fused-ring (bicyclic) bond motifs is 1. The van der Waals surface area contributed by atoms with Crippen LogP contribution in [0.25, 0.3) is 11.0 Å². The van der Waals surface area contributed by atoms with Crippen molar-refractivity contribution in [3.05, 3.63) is 98.1 Å². The average Bonchev–Trinajstić information content (AvgIpc) is 2.87. The fourth-order valence-electron chi connectivity index (χ4n) is 4.30. The number of benzene rings is 2. The third kappa shape index (κ3) is 4.68. The first-order valence-corrected chi connectivity index (χ1v) is 12.1. The first kappa shape index (κ1) is 25.3. The van der Waals surface area contributed by atoms with Crippen LogP contribution in [0.15, 0.2) is 64.3 Å². The molecule has 0 fully saturated rings. The van der Waals surface area contributed by atoms with E-state index in [1.165, 1.54) is 39.6 Å². The summed E-state index contributed by atoms with van der Waals surface area (Å²) in [7, 11) is 1.54. The summed E-state index contributed by atoms with van der Waals surface area (Å²) in [6, 6.07) is 12.9. The number of aliphatic hydroxyl groups excluding tert-OH is 1. The molecule has 2 aromatic carbocycles. The van der Waals surface area contributed by atoms with Gasteiger partial charge in [0.05, 0.1) is 11.6 Å². The summed E-state index contributed by atoms with van der Waals surface area (Å²) in [4.78, 5) is 31.0. The Morgan fingerprint density at radius 2 is 1.75 bits per heavy atom. The summed E-state index contributed by atoms with van der Waals surface area (Å²) in [5, 5.41) is 11.6. The van der Waals surface area contributed by atoms with Crippen LogP contribution in [0.4, 0.5) is 4.39 Å². The zero-order chi connectivity index (χ0) is 26.0. The Labute approximate surface area is 208 Å². The molecular weight excluding hydrogens is 461 g/mol. The Morgan fingerprint density at radius 3 is 2.42 bits per heavy atom. The fraction of sp³-hybridized carbons (Fsp3) is 0.321. The molecule has 7 nitrogen and oxygen atoms in total. The molecule has 0 saturated carbocycles. The number of halogens is 1. The molecule has 4 rings (SSSR count). The van der Waals surface area contributed by atoms with Crippen molar-refractivity contribution in [1.29, 1.82) is 0 Å². The second-order valence-corrected chi connectivity index (χ2v) is 9.14.